The van der Waals surface area contributed by atoms with Crippen LogP contribution < -0.4 is 5.32 Å². The number of nitrogens with one attached hydrogen (secondary N) is 2. The van der Waals surface area contributed by atoms with Gasteiger partial charge in [-0.3, -0.25) is 4.79 Å². The molecular formula is C10H9ClN2O. The Morgan fingerprint density at radius 2 is 2.29 bits per heavy atom. The van der Waals surface area contributed by atoms with Crippen molar-refractivity contribution in [3.63, 3.8) is 0 Å². The lowest BCUT2D eigenvalue weighted by atomic mass is 10.1. The number of carbonyl (C=O) groups excluding carboxylic acids is 1. The first kappa shape index (κ1) is 9.09. The van der Waals surface area contributed by atoms with Gasteiger partial charge in [0.25, 0.3) is 5.91 Å². The van der Waals surface area contributed by atoms with Gasteiger partial charge in [-0.1, -0.05) is 17.7 Å². The number of aromatic amines is 1. The van der Waals surface area contributed by atoms with Gasteiger partial charge in [-0.05, 0) is 12.1 Å². The minimum atomic E-state index is -0.0994. The molecular weight excluding hydrogens is 200 g/mol. The summed E-state index contributed by atoms with van der Waals surface area (Å²) in [5.41, 5.74) is 1.50. The van der Waals surface area contributed by atoms with Gasteiger partial charge in [-0.15, -0.1) is 0 Å². The number of hydrogen-bond donors (Lipinski definition) is 2. The molecule has 0 spiro atoms. The average Bonchev–Trinajstić information content (AvgIpc) is 2.59. The van der Waals surface area contributed by atoms with Crippen molar-refractivity contribution in [2.45, 2.75) is 0 Å². The van der Waals surface area contributed by atoms with Crippen molar-refractivity contribution in [1.82, 2.24) is 10.3 Å². The molecule has 2 rings (SSSR count). The van der Waals surface area contributed by atoms with E-state index < -0.39 is 0 Å². The number of carbonyl (C=O) groups is 1. The summed E-state index contributed by atoms with van der Waals surface area (Å²) in [6, 6.07) is 5.36. The summed E-state index contributed by atoms with van der Waals surface area (Å²) in [5, 5.41) is 4.17. The van der Waals surface area contributed by atoms with E-state index in [1.807, 2.05) is 6.07 Å². The van der Waals surface area contributed by atoms with E-state index in [1.54, 1.807) is 25.4 Å². The van der Waals surface area contributed by atoms with E-state index in [9.17, 15) is 4.79 Å². The van der Waals surface area contributed by atoms with Gasteiger partial charge in [0.05, 0.1) is 5.02 Å². The Labute approximate surface area is 86.1 Å². The number of fused-ring (bicyclic) bond motifs is 1. The molecule has 0 aliphatic heterocycles. The van der Waals surface area contributed by atoms with Gasteiger partial charge in [0, 0.05) is 29.7 Å². The van der Waals surface area contributed by atoms with Gasteiger partial charge in [0.15, 0.2) is 0 Å². The zero-order chi connectivity index (χ0) is 10.1. The summed E-state index contributed by atoms with van der Waals surface area (Å²) in [5.74, 6) is -0.0994. The SMILES string of the molecule is CNC(=O)c1ccc2c(Cl)c[nH]c2c1. The molecule has 2 aromatic rings. The van der Waals surface area contributed by atoms with E-state index >= 15 is 0 Å². The summed E-state index contributed by atoms with van der Waals surface area (Å²) >= 11 is 5.91. The Morgan fingerprint density at radius 3 is 3.00 bits per heavy atom. The summed E-state index contributed by atoms with van der Waals surface area (Å²) in [6.45, 7) is 0. The van der Waals surface area contributed by atoms with Gasteiger partial charge in [-0.25, -0.2) is 0 Å². The molecule has 0 saturated carbocycles. The Kier molecular flexibility index (Phi) is 2.17. The third kappa shape index (κ3) is 1.36. The van der Waals surface area contributed by atoms with Crippen molar-refractivity contribution < 1.29 is 4.79 Å². The Morgan fingerprint density at radius 1 is 1.50 bits per heavy atom. The first-order valence-corrected chi connectivity index (χ1v) is 4.59. The fraction of sp³-hybridized carbons (Fsp3) is 0.100. The second-order valence-corrected chi connectivity index (χ2v) is 3.38. The van der Waals surface area contributed by atoms with Crippen LogP contribution in [-0.4, -0.2) is 17.9 Å². The summed E-state index contributed by atoms with van der Waals surface area (Å²) in [6.07, 6.45) is 1.71. The highest BCUT2D eigenvalue weighted by atomic mass is 35.5. The van der Waals surface area contributed by atoms with Crippen molar-refractivity contribution in [3.05, 3.63) is 35.0 Å². The van der Waals surface area contributed by atoms with Crippen LogP contribution in [0.5, 0.6) is 0 Å². The van der Waals surface area contributed by atoms with Crippen LogP contribution in [0.4, 0.5) is 0 Å². The van der Waals surface area contributed by atoms with E-state index in [0.717, 1.165) is 10.9 Å². The predicted octanol–water partition coefficient (Wildman–Crippen LogP) is 2.18. The topological polar surface area (TPSA) is 44.9 Å². The van der Waals surface area contributed by atoms with E-state index in [4.69, 9.17) is 11.6 Å². The number of hydrogen-bond acceptors (Lipinski definition) is 1. The molecule has 3 nitrogen and oxygen atoms in total. The number of rotatable bonds is 1. The molecule has 1 heterocycles. The fourth-order valence-electron chi connectivity index (χ4n) is 1.38. The molecule has 0 fully saturated rings. The molecule has 14 heavy (non-hydrogen) atoms. The van der Waals surface area contributed by atoms with E-state index in [0.29, 0.717) is 10.6 Å². The Hall–Kier alpha value is -1.48. The van der Waals surface area contributed by atoms with Crippen LogP contribution in [0, 0.1) is 0 Å². The van der Waals surface area contributed by atoms with E-state index in [-0.39, 0.29) is 5.91 Å². The second-order valence-electron chi connectivity index (χ2n) is 2.98. The van der Waals surface area contributed by atoms with Gasteiger partial charge in [0.2, 0.25) is 0 Å². The normalized spacial score (nSPS) is 10.4. The predicted molar refractivity (Wildman–Crippen MR) is 56.7 cm³/mol. The number of H-pyrrole nitrogens is 1. The molecule has 0 unspecified atom stereocenters. The molecule has 0 bridgehead atoms. The van der Waals surface area contributed by atoms with Gasteiger partial charge in [0.1, 0.15) is 0 Å². The average molecular weight is 209 g/mol. The Bertz CT molecular complexity index is 490. The van der Waals surface area contributed by atoms with Crippen LogP contribution in [0.15, 0.2) is 24.4 Å². The summed E-state index contributed by atoms with van der Waals surface area (Å²) < 4.78 is 0. The van der Waals surface area contributed by atoms with Gasteiger partial charge >= 0.3 is 0 Å². The van der Waals surface area contributed by atoms with Crippen molar-refractivity contribution >= 4 is 28.4 Å². The minimum Gasteiger partial charge on any atom is -0.360 e. The largest absolute Gasteiger partial charge is 0.360 e. The lowest BCUT2D eigenvalue weighted by molar-refractivity contribution is 0.0963. The van der Waals surface area contributed by atoms with Crippen LogP contribution in [-0.2, 0) is 0 Å². The number of halogens is 1. The lowest BCUT2D eigenvalue weighted by Crippen LogP contribution is -2.17. The first-order chi connectivity index (χ1) is 6.72. The number of aromatic nitrogens is 1. The highest BCUT2D eigenvalue weighted by molar-refractivity contribution is 6.35. The first-order valence-electron chi connectivity index (χ1n) is 4.21. The maximum Gasteiger partial charge on any atom is 0.251 e. The molecule has 4 heteroatoms. The van der Waals surface area contributed by atoms with Gasteiger partial charge < -0.3 is 10.3 Å². The molecule has 0 aliphatic carbocycles. The molecule has 2 N–H and O–H groups in total. The zero-order valence-corrected chi connectivity index (χ0v) is 8.35. The maximum atomic E-state index is 11.3. The smallest absolute Gasteiger partial charge is 0.251 e. The standard InChI is InChI=1S/C10H9ClN2O/c1-12-10(14)6-2-3-7-8(11)5-13-9(7)4-6/h2-5,13H,1H3,(H,12,14). The van der Waals surface area contributed by atoms with Crippen LogP contribution in [0.3, 0.4) is 0 Å². The Balaban J connectivity index is 2.57. The fourth-order valence-corrected chi connectivity index (χ4v) is 1.60. The van der Waals surface area contributed by atoms with E-state index in [2.05, 4.69) is 10.3 Å². The van der Waals surface area contributed by atoms with Crippen molar-refractivity contribution in [2.75, 3.05) is 7.05 Å². The van der Waals surface area contributed by atoms with Crippen molar-refractivity contribution in [2.24, 2.45) is 0 Å². The molecule has 1 aromatic heterocycles. The zero-order valence-electron chi connectivity index (χ0n) is 7.60. The van der Waals surface area contributed by atoms with Crippen LogP contribution in [0.2, 0.25) is 5.02 Å². The molecule has 1 aromatic carbocycles. The summed E-state index contributed by atoms with van der Waals surface area (Å²) in [7, 11) is 1.61. The third-order valence-corrected chi connectivity index (χ3v) is 2.43. The van der Waals surface area contributed by atoms with Gasteiger partial charge in [-0.2, -0.15) is 0 Å². The molecule has 72 valence electrons. The molecule has 1 amide bonds. The quantitative estimate of drug-likeness (QED) is 0.742. The third-order valence-electron chi connectivity index (χ3n) is 2.12. The van der Waals surface area contributed by atoms with Crippen LogP contribution in [0.1, 0.15) is 10.4 Å². The maximum absolute atomic E-state index is 11.3. The van der Waals surface area contributed by atoms with Crippen molar-refractivity contribution in [1.29, 1.82) is 0 Å². The molecule has 0 atom stereocenters. The van der Waals surface area contributed by atoms with Crippen LogP contribution in [0.25, 0.3) is 10.9 Å². The minimum absolute atomic E-state index is 0.0994. The summed E-state index contributed by atoms with van der Waals surface area (Å²) in [4.78, 5) is 14.3. The van der Waals surface area contributed by atoms with Crippen molar-refractivity contribution in [3.8, 4) is 0 Å². The van der Waals surface area contributed by atoms with Crippen LogP contribution >= 0.6 is 11.6 Å². The highest BCUT2D eigenvalue weighted by Gasteiger charge is 2.06. The molecule has 0 saturated heterocycles. The number of amides is 1. The highest BCUT2D eigenvalue weighted by Crippen LogP contribution is 2.23. The number of benzene rings is 1. The van der Waals surface area contributed by atoms with E-state index in [1.165, 1.54) is 0 Å². The molecule has 0 radical (unpaired) electrons. The lowest BCUT2D eigenvalue weighted by Gasteiger charge is -1.99. The second kappa shape index (κ2) is 3.35. The monoisotopic (exact) mass is 208 g/mol. The molecule has 0 aliphatic rings.